The van der Waals surface area contributed by atoms with Gasteiger partial charge in [0, 0.05) is 30.8 Å². The third kappa shape index (κ3) is 2.06. The van der Waals surface area contributed by atoms with Crippen LogP contribution in [0.1, 0.15) is 0 Å². The molecule has 0 spiro atoms. The molecule has 0 bridgehead atoms. The van der Waals surface area contributed by atoms with Gasteiger partial charge in [-0.05, 0) is 48.5 Å². The lowest BCUT2D eigenvalue weighted by molar-refractivity contribution is 0.582. The fourth-order valence-electron chi connectivity index (χ4n) is 2.42. The third-order valence-electron chi connectivity index (χ3n) is 3.44. The molecule has 0 N–H and O–H groups in total. The molecule has 0 atom stereocenters. The van der Waals surface area contributed by atoms with E-state index >= 15 is 0 Å². The molecule has 102 valence electrons. The van der Waals surface area contributed by atoms with Crippen LogP contribution in [0.5, 0.6) is 0 Å². The van der Waals surface area contributed by atoms with Crippen LogP contribution in [-0.2, 0) is 0 Å². The zero-order valence-corrected chi connectivity index (χ0v) is 12.4. The standard InChI is InChI=1S/C17H9ClO2S/c18-11-4-6-16-13(9-11)17(19)12-8-10(3-5-15(12)21-16)14-2-1-7-20-14/h1-9H. The van der Waals surface area contributed by atoms with Crippen LogP contribution in [0.25, 0.3) is 31.5 Å². The van der Waals surface area contributed by atoms with Crippen LogP contribution in [0, 0.1) is 0 Å². The molecule has 0 amide bonds. The lowest BCUT2D eigenvalue weighted by Crippen LogP contribution is -2.00. The Bertz CT molecular complexity index is 1020. The van der Waals surface area contributed by atoms with E-state index in [4.69, 9.17) is 16.0 Å². The molecule has 0 saturated carbocycles. The van der Waals surface area contributed by atoms with Gasteiger partial charge in [-0.15, -0.1) is 11.3 Å². The smallest absolute Gasteiger partial charge is 0.195 e. The molecule has 2 nitrogen and oxygen atoms in total. The summed E-state index contributed by atoms with van der Waals surface area (Å²) in [5.41, 5.74) is 0.910. The summed E-state index contributed by atoms with van der Waals surface area (Å²) in [4.78, 5) is 12.7. The molecule has 0 fully saturated rings. The summed E-state index contributed by atoms with van der Waals surface area (Å²) in [7, 11) is 0. The Balaban J connectivity index is 2.09. The van der Waals surface area contributed by atoms with Crippen LogP contribution < -0.4 is 5.43 Å². The zero-order valence-electron chi connectivity index (χ0n) is 10.8. The molecule has 4 aromatic rings. The van der Waals surface area contributed by atoms with Gasteiger partial charge >= 0.3 is 0 Å². The summed E-state index contributed by atoms with van der Waals surface area (Å²) >= 11 is 7.60. The maximum Gasteiger partial charge on any atom is 0.195 e. The molecule has 0 aliphatic rings. The quantitative estimate of drug-likeness (QED) is 0.445. The summed E-state index contributed by atoms with van der Waals surface area (Å²) in [6.07, 6.45) is 1.63. The van der Waals surface area contributed by atoms with Crippen LogP contribution in [0.2, 0.25) is 5.02 Å². The summed E-state index contributed by atoms with van der Waals surface area (Å²) in [5.74, 6) is 0.757. The predicted molar refractivity (Wildman–Crippen MR) is 88.3 cm³/mol. The largest absolute Gasteiger partial charge is 0.464 e. The maximum atomic E-state index is 12.7. The molecule has 2 heterocycles. The Hall–Kier alpha value is -2.10. The van der Waals surface area contributed by atoms with E-state index in [1.165, 1.54) is 0 Å². The van der Waals surface area contributed by atoms with E-state index < -0.39 is 0 Å². The van der Waals surface area contributed by atoms with E-state index in [1.54, 1.807) is 23.7 Å². The summed E-state index contributed by atoms with van der Waals surface area (Å²) in [6, 6.07) is 15.0. The first-order valence-corrected chi connectivity index (χ1v) is 7.62. The van der Waals surface area contributed by atoms with E-state index in [0.29, 0.717) is 15.8 Å². The lowest BCUT2D eigenvalue weighted by Gasteiger charge is -2.03. The third-order valence-corrected chi connectivity index (χ3v) is 4.82. The number of benzene rings is 2. The summed E-state index contributed by atoms with van der Waals surface area (Å²) in [5, 5.41) is 1.94. The normalized spacial score (nSPS) is 11.3. The van der Waals surface area contributed by atoms with Crippen LogP contribution in [0.3, 0.4) is 0 Å². The second kappa shape index (κ2) is 4.72. The van der Waals surface area contributed by atoms with Crippen LogP contribution >= 0.6 is 22.9 Å². The second-order valence-electron chi connectivity index (χ2n) is 4.76. The first kappa shape index (κ1) is 12.6. The van der Waals surface area contributed by atoms with Gasteiger partial charge in [0.25, 0.3) is 0 Å². The van der Waals surface area contributed by atoms with Crippen molar-refractivity contribution in [3.05, 3.63) is 70.0 Å². The van der Waals surface area contributed by atoms with E-state index in [1.807, 2.05) is 42.5 Å². The number of fused-ring (bicyclic) bond motifs is 2. The minimum Gasteiger partial charge on any atom is -0.464 e. The van der Waals surface area contributed by atoms with Gasteiger partial charge in [0.15, 0.2) is 5.43 Å². The van der Waals surface area contributed by atoms with Gasteiger partial charge in [0.05, 0.1) is 6.26 Å². The maximum absolute atomic E-state index is 12.7. The number of furan rings is 1. The van der Waals surface area contributed by atoms with Crippen LogP contribution in [-0.4, -0.2) is 0 Å². The van der Waals surface area contributed by atoms with Gasteiger partial charge in [0.1, 0.15) is 5.76 Å². The highest BCUT2D eigenvalue weighted by atomic mass is 35.5. The number of rotatable bonds is 1. The van der Waals surface area contributed by atoms with E-state index in [0.717, 1.165) is 20.7 Å². The van der Waals surface area contributed by atoms with E-state index in [2.05, 4.69) is 0 Å². The molecule has 4 heteroatoms. The molecular weight excluding hydrogens is 304 g/mol. The van der Waals surface area contributed by atoms with Gasteiger partial charge < -0.3 is 4.42 Å². The van der Waals surface area contributed by atoms with Gasteiger partial charge in [-0.3, -0.25) is 4.79 Å². The Labute approximate surface area is 129 Å². The topological polar surface area (TPSA) is 30.2 Å². The molecule has 4 rings (SSSR count). The summed E-state index contributed by atoms with van der Waals surface area (Å²) < 4.78 is 7.31. The van der Waals surface area contributed by atoms with Crippen molar-refractivity contribution >= 4 is 43.1 Å². The predicted octanol–water partition coefficient (Wildman–Crippen LogP) is 5.33. The molecular formula is C17H9ClO2S. The average molecular weight is 313 g/mol. The molecule has 21 heavy (non-hydrogen) atoms. The van der Waals surface area contributed by atoms with Crippen LogP contribution in [0.4, 0.5) is 0 Å². The number of hydrogen-bond acceptors (Lipinski definition) is 3. The second-order valence-corrected chi connectivity index (χ2v) is 6.28. The first-order chi connectivity index (χ1) is 10.2. The minimum absolute atomic E-state index is 0.00894. The molecule has 0 aliphatic heterocycles. The molecule has 0 aliphatic carbocycles. The zero-order chi connectivity index (χ0) is 14.4. The highest BCUT2D eigenvalue weighted by molar-refractivity contribution is 7.24. The molecule has 2 aromatic carbocycles. The highest BCUT2D eigenvalue weighted by Gasteiger charge is 2.09. The Morgan fingerprint density at radius 3 is 2.48 bits per heavy atom. The SMILES string of the molecule is O=c1c2cc(Cl)ccc2sc2ccc(-c3ccco3)cc12. The molecule has 0 unspecified atom stereocenters. The van der Waals surface area contributed by atoms with E-state index in [-0.39, 0.29) is 5.43 Å². The molecule has 2 aromatic heterocycles. The number of halogens is 1. The highest BCUT2D eigenvalue weighted by Crippen LogP contribution is 2.29. The van der Waals surface area contributed by atoms with Crippen molar-refractivity contribution in [3.63, 3.8) is 0 Å². The van der Waals surface area contributed by atoms with Gasteiger partial charge in [-0.25, -0.2) is 0 Å². The Kier molecular flexibility index (Phi) is 2.84. The molecule has 0 saturated heterocycles. The summed E-state index contributed by atoms with van der Waals surface area (Å²) in [6.45, 7) is 0. The minimum atomic E-state index is 0.00894. The first-order valence-electron chi connectivity index (χ1n) is 6.42. The van der Waals surface area contributed by atoms with Crippen molar-refractivity contribution in [2.24, 2.45) is 0 Å². The van der Waals surface area contributed by atoms with Crippen molar-refractivity contribution in [2.75, 3.05) is 0 Å². The fourth-order valence-corrected chi connectivity index (χ4v) is 3.63. The van der Waals surface area contributed by atoms with Crippen molar-refractivity contribution in [3.8, 4) is 11.3 Å². The van der Waals surface area contributed by atoms with Crippen molar-refractivity contribution in [2.45, 2.75) is 0 Å². The average Bonchev–Trinajstić information content (AvgIpc) is 3.02. The fraction of sp³-hybridized carbons (Fsp3) is 0. The number of hydrogen-bond donors (Lipinski definition) is 0. The lowest BCUT2D eigenvalue weighted by atomic mass is 10.1. The Morgan fingerprint density at radius 2 is 1.71 bits per heavy atom. The molecule has 0 radical (unpaired) electrons. The Morgan fingerprint density at radius 1 is 0.952 bits per heavy atom. The van der Waals surface area contributed by atoms with E-state index in [9.17, 15) is 4.79 Å². The van der Waals surface area contributed by atoms with Crippen LogP contribution in [0.15, 0.2) is 64.0 Å². The van der Waals surface area contributed by atoms with Crippen molar-refractivity contribution in [1.82, 2.24) is 0 Å². The van der Waals surface area contributed by atoms with Gasteiger partial charge in [-0.2, -0.15) is 0 Å². The monoisotopic (exact) mass is 312 g/mol. The van der Waals surface area contributed by atoms with Gasteiger partial charge in [0.2, 0.25) is 0 Å². The van der Waals surface area contributed by atoms with Crippen molar-refractivity contribution < 1.29 is 4.42 Å². The van der Waals surface area contributed by atoms with Gasteiger partial charge in [-0.1, -0.05) is 11.6 Å². The van der Waals surface area contributed by atoms with Crippen molar-refractivity contribution in [1.29, 1.82) is 0 Å².